The maximum Gasteiger partial charge on any atom is 0.261 e. The number of carbonyl (C=O) groups is 1. The van der Waals surface area contributed by atoms with Gasteiger partial charge in [-0.15, -0.1) is 11.3 Å². The zero-order chi connectivity index (χ0) is 13.8. The normalized spacial score (nSPS) is 12.6. The first-order chi connectivity index (χ1) is 9.17. The maximum absolute atomic E-state index is 12.4. The van der Waals surface area contributed by atoms with E-state index >= 15 is 0 Å². The van der Waals surface area contributed by atoms with Gasteiger partial charge in [0.25, 0.3) is 5.91 Å². The number of nitrogens with one attached hydrogen (secondary N) is 1. The van der Waals surface area contributed by atoms with E-state index in [1.165, 1.54) is 15.6 Å². The van der Waals surface area contributed by atoms with Gasteiger partial charge in [-0.25, -0.2) is 0 Å². The molecule has 0 aliphatic carbocycles. The van der Waals surface area contributed by atoms with E-state index in [0.717, 1.165) is 24.1 Å². The molecule has 19 heavy (non-hydrogen) atoms. The molecule has 2 aromatic rings. The smallest absolute Gasteiger partial charge is 0.261 e. The molecule has 0 radical (unpaired) electrons. The second kappa shape index (κ2) is 6.20. The van der Waals surface area contributed by atoms with Gasteiger partial charge in [0.15, 0.2) is 0 Å². The van der Waals surface area contributed by atoms with Crippen LogP contribution in [0.2, 0.25) is 0 Å². The second-order valence-corrected chi connectivity index (χ2v) is 5.99. The van der Waals surface area contributed by atoms with Crippen molar-refractivity contribution in [3.05, 3.63) is 34.7 Å². The van der Waals surface area contributed by atoms with Crippen molar-refractivity contribution in [2.24, 2.45) is 0 Å². The molecule has 1 aromatic heterocycles. The van der Waals surface area contributed by atoms with Gasteiger partial charge in [0, 0.05) is 10.7 Å². The fourth-order valence-corrected chi connectivity index (χ4v) is 3.33. The summed E-state index contributed by atoms with van der Waals surface area (Å²) in [6, 6.07) is 8.53. The van der Waals surface area contributed by atoms with Crippen LogP contribution in [0.25, 0.3) is 10.1 Å². The summed E-state index contributed by atoms with van der Waals surface area (Å²) in [6.45, 7) is 6.29. The maximum atomic E-state index is 12.4. The van der Waals surface area contributed by atoms with Crippen LogP contribution >= 0.6 is 11.3 Å². The van der Waals surface area contributed by atoms with Crippen LogP contribution < -0.4 is 5.32 Å². The highest BCUT2D eigenvalue weighted by atomic mass is 32.1. The molecule has 102 valence electrons. The molecule has 0 fully saturated rings. The molecule has 2 rings (SSSR count). The Bertz CT molecular complexity index is 573. The molecule has 0 aliphatic heterocycles. The van der Waals surface area contributed by atoms with E-state index in [9.17, 15) is 4.79 Å². The Morgan fingerprint density at radius 1 is 1.32 bits per heavy atom. The fourth-order valence-electron chi connectivity index (χ4n) is 2.17. The monoisotopic (exact) mass is 275 g/mol. The predicted octanol–water partition coefficient (Wildman–Crippen LogP) is 4.38. The van der Waals surface area contributed by atoms with Gasteiger partial charge in [0.05, 0.1) is 4.88 Å². The lowest BCUT2D eigenvalue weighted by molar-refractivity contribution is 0.0942. The van der Waals surface area contributed by atoms with E-state index in [2.05, 4.69) is 31.3 Å². The molecule has 0 bridgehead atoms. The first kappa shape index (κ1) is 14.1. The van der Waals surface area contributed by atoms with Crippen molar-refractivity contribution in [2.75, 3.05) is 0 Å². The summed E-state index contributed by atoms with van der Waals surface area (Å²) in [5, 5.41) is 4.32. The van der Waals surface area contributed by atoms with Gasteiger partial charge in [0.2, 0.25) is 0 Å². The molecule has 1 aromatic carbocycles. The second-order valence-electron chi connectivity index (χ2n) is 4.94. The molecule has 1 atom stereocenters. The third-order valence-corrected chi connectivity index (χ3v) is 4.61. The lowest BCUT2D eigenvalue weighted by Gasteiger charge is -2.11. The SMILES string of the molecule is CCCc1c(C(=O)NC(C)CC)sc2ccccc12. The Morgan fingerprint density at radius 3 is 2.74 bits per heavy atom. The van der Waals surface area contributed by atoms with E-state index in [1.54, 1.807) is 11.3 Å². The highest BCUT2D eigenvalue weighted by Gasteiger charge is 2.18. The molecule has 1 heterocycles. The van der Waals surface area contributed by atoms with E-state index in [4.69, 9.17) is 0 Å². The quantitative estimate of drug-likeness (QED) is 0.862. The Kier molecular flexibility index (Phi) is 4.59. The number of hydrogen-bond donors (Lipinski definition) is 1. The third-order valence-electron chi connectivity index (χ3n) is 3.39. The van der Waals surface area contributed by atoms with Crippen LogP contribution in [-0.2, 0) is 6.42 Å². The minimum atomic E-state index is 0.0824. The molecular weight excluding hydrogens is 254 g/mol. The predicted molar refractivity (Wildman–Crippen MR) is 83.0 cm³/mol. The van der Waals surface area contributed by atoms with Crippen molar-refractivity contribution in [3.63, 3.8) is 0 Å². The largest absolute Gasteiger partial charge is 0.349 e. The van der Waals surface area contributed by atoms with Gasteiger partial charge in [-0.05, 0) is 36.8 Å². The zero-order valence-corrected chi connectivity index (χ0v) is 12.6. The highest BCUT2D eigenvalue weighted by Crippen LogP contribution is 2.32. The number of carbonyl (C=O) groups excluding carboxylic acids is 1. The molecule has 1 unspecified atom stereocenters. The first-order valence-corrected chi connectivity index (χ1v) is 7.80. The number of fused-ring (bicyclic) bond motifs is 1. The van der Waals surface area contributed by atoms with E-state index in [-0.39, 0.29) is 11.9 Å². The zero-order valence-electron chi connectivity index (χ0n) is 11.8. The van der Waals surface area contributed by atoms with Crippen LogP contribution in [0.1, 0.15) is 48.8 Å². The summed E-state index contributed by atoms with van der Waals surface area (Å²) < 4.78 is 1.21. The number of hydrogen-bond acceptors (Lipinski definition) is 2. The minimum Gasteiger partial charge on any atom is -0.349 e. The van der Waals surface area contributed by atoms with E-state index in [0.29, 0.717) is 0 Å². The van der Waals surface area contributed by atoms with Gasteiger partial charge < -0.3 is 5.32 Å². The molecule has 1 N–H and O–H groups in total. The van der Waals surface area contributed by atoms with Crippen LogP contribution in [0.3, 0.4) is 0 Å². The number of aryl methyl sites for hydroxylation is 1. The Labute approximate surface area is 118 Å². The fraction of sp³-hybridized carbons (Fsp3) is 0.438. The van der Waals surface area contributed by atoms with Crippen LogP contribution in [-0.4, -0.2) is 11.9 Å². The summed E-state index contributed by atoms with van der Waals surface area (Å²) >= 11 is 1.61. The van der Waals surface area contributed by atoms with Crippen molar-refractivity contribution in [3.8, 4) is 0 Å². The lowest BCUT2D eigenvalue weighted by atomic mass is 10.1. The van der Waals surface area contributed by atoms with Gasteiger partial charge >= 0.3 is 0 Å². The molecule has 2 nitrogen and oxygen atoms in total. The van der Waals surface area contributed by atoms with Gasteiger partial charge in [-0.1, -0.05) is 38.5 Å². The lowest BCUT2D eigenvalue weighted by Crippen LogP contribution is -2.31. The summed E-state index contributed by atoms with van der Waals surface area (Å²) in [4.78, 5) is 13.3. The number of rotatable bonds is 5. The molecule has 0 saturated heterocycles. The summed E-state index contributed by atoms with van der Waals surface area (Å²) in [6.07, 6.45) is 2.98. The molecule has 0 saturated carbocycles. The van der Waals surface area contributed by atoms with Gasteiger partial charge in [-0.2, -0.15) is 0 Å². The average Bonchev–Trinajstić information content (AvgIpc) is 2.78. The van der Waals surface area contributed by atoms with Crippen molar-refractivity contribution in [2.45, 2.75) is 46.1 Å². The summed E-state index contributed by atoms with van der Waals surface area (Å²) in [5.74, 6) is 0.0824. The molecule has 0 spiro atoms. The van der Waals surface area contributed by atoms with Crippen LogP contribution in [0, 0.1) is 0 Å². The highest BCUT2D eigenvalue weighted by molar-refractivity contribution is 7.21. The standard InChI is InChI=1S/C16H21NOS/c1-4-8-13-12-9-6-7-10-14(12)19-15(13)16(18)17-11(3)5-2/h6-7,9-11H,4-5,8H2,1-3H3,(H,17,18). The average molecular weight is 275 g/mol. The number of amides is 1. The van der Waals surface area contributed by atoms with Gasteiger partial charge in [-0.3, -0.25) is 4.79 Å². The van der Waals surface area contributed by atoms with Gasteiger partial charge in [0.1, 0.15) is 0 Å². The van der Waals surface area contributed by atoms with Crippen molar-refractivity contribution in [1.82, 2.24) is 5.32 Å². The first-order valence-electron chi connectivity index (χ1n) is 6.98. The topological polar surface area (TPSA) is 29.1 Å². The Morgan fingerprint density at radius 2 is 2.05 bits per heavy atom. The minimum absolute atomic E-state index is 0.0824. The third kappa shape index (κ3) is 2.98. The van der Waals surface area contributed by atoms with Crippen LogP contribution in [0.5, 0.6) is 0 Å². The summed E-state index contributed by atoms with van der Waals surface area (Å²) in [7, 11) is 0. The Balaban J connectivity index is 2.41. The van der Waals surface area contributed by atoms with Crippen LogP contribution in [0.15, 0.2) is 24.3 Å². The van der Waals surface area contributed by atoms with E-state index < -0.39 is 0 Å². The number of thiophene rings is 1. The Hall–Kier alpha value is -1.35. The number of benzene rings is 1. The van der Waals surface area contributed by atoms with Crippen molar-refractivity contribution < 1.29 is 4.79 Å². The molecule has 1 amide bonds. The van der Waals surface area contributed by atoms with Crippen molar-refractivity contribution in [1.29, 1.82) is 0 Å². The molecular formula is C16H21NOS. The van der Waals surface area contributed by atoms with Crippen LogP contribution in [0.4, 0.5) is 0 Å². The van der Waals surface area contributed by atoms with E-state index in [1.807, 2.05) is 19.1 Å². The summed E-state index contributed by atoms with van der Waals surface area (Å²) in [5.41, 5.74) is 1.21. The molecule has 0 aliphatic rings. The molecule has 3 heteroatoms. The van der Waals surface area contributed by atoms with Crippen molar-refractivity contribution >= 4 is 27.3 Å².